The van der Waals surface area contributed by atoms with E-state index < -0.39 is 0 Å². The van der Waals surface area contributed by atoms with E-state index in [2.05, 4.69) is 35.3 Å². The Morgan fingerprint density at radius 3 is 2.93 bits per heavy atom. The molecule has 0 amide bonds. The van der Waals surface area contributed by atoms with Gasteiger partial charge in [0.1, 0.15) is 16.8 Å². The van der Waals surface area contributed by atoms with Gasteiger partial charge in [-0.1, -0.05) is 0 Å². The van der Waals surface area contributed by atoms with E-state index in [1.165, 1.54) is 0 Å². The fraction of sp³-hybridized carbons (Fsp3) is 0.450. The zero-order chi connectivity index (χ0) is 18.8. The fourth-order valence-corrected chi connectivity index (χ4v) is 3.39. The van der Waals surface area contributed by atoms with Crippen LogP contribution in [0.15, 0.2) is 30.7 Å². The molecule has 0 aliphatic carbocycles. The Labute approximate surface area is 158 Å². The summed E-state index contributed by atoms with van der Waals surface area (Å²) in [5, 5.41) is 8.19. The second-order valence-corrected chi connectivity index (χ2v) is 7.02. The number of rotatable bonds is 6. The first kappa shape index (κ1) is 17.7. The highest BCUT2D eigenvalue weighted by atomic mass is 16.5. The fourth-order valence-electron chi connectivity index (χ4n) is 3.39. The molecule has 1 atom stereocenters. The second-order valence-electron chi connectivity index (χ2n) is 7.02. The van der Waals surface area contributed by atoms with Gasteiger partial charge >= 0.3 is 0 Å². The molecule has 0 unspecified atom stereocenters. The summed E-state index contributed by atoms with van der Waals surface area (Å²) in [6, 6.07) is 4.60. The highest BCUT2D eigenvalue weighted by molar-refractivity contribution is 5.91. The highest BCUT2D eigenvalue weighted by Crippen LogP contribution is 2.31. The topological polar surface area (TPSA) is 74.1 Å². The molecule has 27 heavy (non-hydrogen) atoms. The molecule has 0 aromatic carbocycles. The minimum absolute atomic E-state index is 0.249. The summed E-state index contributed by atoms with van der Waals surface area (Å²) in [6.07, 6.45) is 6.36. The minimum atomic E-state index is 0.249. The van der Waals surface area contributed by atoms with Crippen molar-refractivity contribution in [2.45, 2.75) is 39.3 Å². The van der Waals surface area contributed by atoms with Crippen LogP contribution >= 0.6 is 0 Å². The zero-order valence-corrected chi connectivity index (χ0v) is 16.0. The normalized spacial score (nSPS) is 17.0. The SMILES string of the molecule is CCOc1cncc(-c2cc(N[C@@H]3CCOC3)c3c(cnn3C(C)C)n2)c1. The standard InChI is InChI=1S/C20H25N5O2/c1-4-27-16-7-14(9-21-10-16)17-8-18(23-15-5-6-26-12-15)20-19(24-17)11-22-25(20)13(2)3/h7-11,13,15H,4-6,12H2,1-3H3,(H,23,24)/t15-/m1/s1. The largest absolute Gasteiger partial charge is 0.492 e. The number of hydrogen-bond donors (Lipinski definition) is 1. The lowest BCUT2D eigenvalue weighted by Gasteiger charge is -2.17. The van der Waals surface area contributed by atoms with Gasteiger partial charge in [-0.05, 0) is 39.3 Å². The van der Waals surface area contributed by atoms with E-state index >= 15 is 0 Å². The van der Waals surface area contributed by atoms with E-state index in [1.54, 1.807) is 6.20 Å². The van der Waals surface area contributed by atoms with Gasteiger partial charge in [0.15, 0.2) is 0 Å². The lowest BCUT2D eigenvalue weighted by atomic mass is 10.1. The molecular formula is C20H25N5O2. The van der Waals surface area contributed by atoms with E-state index in [4.69, 9.17) is 14.5 Å². The maximum absolute atomic E-state index is 5.59. The maximum Gasteiger partial charge on any atom is 0.138 e. The van der Waals surface area contributed by atoms with Crippen LogP contribution in [-0.4, -0.2) is 45.6 Å². The van der Waals surface area contributed by atoms with Gasteiger partial charge in [-0.2, -0.15) is 5.10 Å². The molecule has 3 aromatic heterocycles. The Bertz CT molecular complexity index is 931. The summed E-state index contributed by atoms with van der Waals surface area (Å²) in [5.74, 6) is 0.744. The number of ether oxygens (including phenoxy) is 2. The van der Waals surface area contributed by atoms with Crippen molar-refractivity contribution in [3.63, 3.8) is 0 Å². The lowest BCUT2D eigenvalue weighted by molar-refractivity contribution is 0.195. The van der Waals surface area contributed by atoms with E-state index in [-0.39, 0.29) is 6.04 Å². The van der Waals surface area contributed by atoms with Crippen molar-refractivity contribution in [2.24, 2.45) is 0 Å². The molecule has 0 radical (unpaired) electrons. The van der Waals surface area contributed by atoms with Gasteiger partial charge < -0.3 is 14.8 Å². The third-order valence-electron chi connectivity index (χ3n) is 4.65. The molecule has 1 aliphatic heterocycles. The lowest BCUT2D eigenvalue weighted by Crippen LogP contribution is -2.20. The zero-order valence-electron chi connectivity index (χ0n) is 16.0. The van der Waals surface area contributed by atoms with Crippen molar-refractivity contribution >= 4 is 16.7 Å². The van der Waals surface area contributed by atoms with Crippen LogP contribution in [0.1, 0.15) is 33.2 Å². The number of anilines is 1. The molecule has 4 heterocycles. The van der Waals surface area contributed by atoms with Crippen LogP contribution in [0, 0.1) is 0 Å². The first-order valence-corrected chi connectivity index (χ1v) is 9.46. The van der Waals surface area contributed by atoms with Gasteiger partial charge in [-0.15, -0.1) is 0 Å². The van der Waals surface area contributed by atoms with Crippen molar-refractivity contribution in [1.29, 1.82) is 0 Å². The highest BCUT2D eigenvalue weighted by Gasteiger charge is 2.20. The molecule has 1 N–H and O–H groups in total. The van der Waals surface area contributed by atoms with E-state index in [1.807, 2.05) is 30.1 Å². The monoisotopic (exact) mass is 367 g/mol. The first-order chi connectivity index (χ1) is 13.2. The van der Waals surface area contributed by atoms with Gasteiger partial charge in [0, 0.05) is 24.4 Å². The van der Waals surface area contributed by atoms with Crippen LogP contribution in [0.2, 0.25) is 0 Å². The summed E-state index contributed by atoms with van der Waals surface area (Å²) >= 11 is 0. The second kappa shape index (κ2) is 7.52. The van der Waals surface area contributed by atoms with Gasteiger partial charge in [0.05, 0.1) is 43.0 Å². The Hall–Kier alpha value is -2.67. The summed E-state index contributed by atoms with van der Waals surface area (Å²) in [5.41, 5.74) is 4.68. The third-order valence-corrected chi connectivity index (χ3v) is 4.65. The van der Waals surface area contributed by atoms with Gasteiger partial charge in [-0.25, -0.2) is 4.98 Å². The van der Waals surface area contributed by atoms with Crippen molar-refractivity contribution in [3.05, 3.63) is 30.7 Å². The number of fused-ring (bicyclic) bond motifs is 1. The predicted octanol–water partition coefficient (Wildman–Crippen LogP) is 3.67. The van der Waals surface area contributed by atoms with Crippen molar-refractivity contribution < 1.29 is 9.47 Å². The molecule has 1 fully saturated rings. The predicted molar refractivity (Wildman–Crippen MR) is 105 cm³/mol. The van der Waals surface area contributed by atoms with Gasteiger partial charge in [0.2, 0.25) is 0 Å². The van der Waals surface area contributed by atoms with Gasteiger partial charge in [-0.3, -0.25) is 9.67 Å². The van der Waals surface area contributed by atoms with E-state index in [0.717, 1.165) is 53.4 Å². The Morgan fingerprint density at radius 1 is 1.30 bits per heavy atom. The molecule has 7 nitrogen and oxygen atoms in total. The Kier molecular flexibility index (Phi) is 4.94. The molecular weight excluding hydrogens is 342 g/mol. The quantitative estimate of drug-likeness (QED) is 0.716. The minimum Gasteiger partial charge on any atom is -0.492 e. The van der Waals surface area contributed by atoms with Crippen LogP contribution < -0.4 is 10.1 Å². The molecule has 0 saturated carbocycles. The van der Waals surface area contributed by atoms with Crippen LogP contribution in [0.25, 0.3) is 22.3 Å². The van der Waals surface area contributed by atoms with Crippen molar-refractivity contribution in [1.82, 2.24) is 19.7 Å². The third kappa shape index (κ3) is 3.60. The summed E-state index contributed by atoms with van der Waals surface area (Å²) in [7, 11) is 0. The van der Waals surface area contributed by atoms with Crippen LogP contribution in [0.4, 0.5) is 5.69 Å². The maximum atomic E-state index is 5.59. The van der Waals surface area contributed by atoms with E-state index in [0.29, 0.717) is 12.6 Å². The number of nitrogens with zero attached hydrogens (tertiary/aromatic N) is 4. The first-order valence-electron chi connectivity index (χ1n) is 9.46. The van der Waals surface area contributed by atoms with Crippen LogP contribution in [0.5, 0.6) is 5.75 Å². The molecule has 0 bridgehead atoms. The van der Waals surface area contributed by atoms with Crippen LogP contribution in [-0.2, 0) is 4.74 Å². The molecule has 7 heteroatoms. The summed E-state index contributed by atoms with van der Waals surface area (Å²) in [6.45, 7) is 8.33. The summed E-state index contributed by atoms with van der Waals surface area (Å²) in [4.78, 5) is 9.13. The van der Waals surface area contributed by atoms with Crippen molar-refractivity contribution in [3.8, 4) is 17.0 Å². The van der Waals surface area contributed by atoms with Gasteiger partial charge in [0.25, 0.3) is 0 Å². The molecule has 4 rings (SSSR count). The Balaban J connectivity index is 1.81. The molecule has 1 aliphatic rings. The van der Waals surface area contributed by atoms with Crippen LogP contribution in [0.3, 0.4) is 0 Å². The molecule has 0 spiro atoms. The molecule has 142 valence electrons. The van der Waals surface area contributed by atoms with Crippen molar-refractivity contribution in [2.75, 3.05) is 25.1 Å². The number of hydrogen-bond acceptors (Lipinski definition) is 6. The molecule has 3 aromatic rings. The smallest absolute Gasteiger partial charge is 0.138 e. The average Bonchev–Trinajstić information content (AvgIpc) is 3.31. The number of nitrogens with one attached hydrogen (secondary N) is 1. The number of aromatic nitrogens is 4. The molecule has 1 saturated heterocycles. The Morgan fingerprint density at radius 2 is 2.19 bits per heavy atom. The number of pyridine rings is 2. The van der Waals surface area contributed by atoms with E-state index in [9.17, 15) is 0 Å². The average molecular weight is 367 g/mol. The summed E-state index contributed by atoms with van der Waals surface area (Å²) < 4.78 is 13.1.